The number of allylic oxidation sites excluding steroid dienone is 1. The van der Waals surface area contributed by atoms with Crippen molar-refractivity contribution in [3.05, 3.63) is 35.8 Å². The third-order valence-corrected chi connectivity index (χ3v) is 2.14. The lowest BCUT2D eigenvalue weighted by Crippen LogP contribution is -2.07. The number of nitrogens with one attached hydrogen (secondary N) is 1. The van der Waals surface area contributed by atoms with Crippen molar-refractivity contribution in [1.82, 2.24) is 0 Å². The Morgan fingerprint density at radius 2 is 2.11 bits per heavy atom. The molecule has 0 fully saturated rings. The third-order valence-electron chi connectivity index (χ3n) is 2.14. The monoisotopic (exact) mass is 259 g/mol. The molecule has 0 saturated heterocycles. The summed E-state index contributed by atoms with van der Waals surface area (Å²) in [6.45, 7) is 4.29. The summed E-state index contributed by atoms with van der Waals surface area (Å²) in [6.07, 6.45) is 1.22. The highest BCUT2D eigenvalue weighted by molar-refractivity contribution is 5.59. The molecule has 98 valence electrons. The molecule has 0 aliphatic carbocycles. The van der Waals surface area contributed by atoms with E-state index in [0.29, 0.717) is 12.3 Å². The first kappa shape index (κ1) is 14.5. The molecule has 0 spiro atoms. The number of hydrogen-bond donors (Lipinski definition) is 1. The average molecular weight is 259 g/mol. The van der Waals surface area contributed by atoms with Gasteiger partial charge in [0.1, 0.15) is 17.7 Å². The molecule has 4 nitrogen and oxygen atoms in total. The second-order valence-electron chi connectivity index (χ2n) is 4.25. The van der Waals surface area contributed by atoms with Gasteiger partial charge in [-0.1, -0.05) is 19.9 Å². The summed E-state index contributed by atoms with van der Waals surface area (Å²) in [5.74, 6) is -0.144. The van der Waals surface area contributed by atoms with E-state index in [1.165, 1.54) is 18.3 Å². The van der Waals surface area contributed by atoms with Gasteiger partial charge in [-0.15, -0.1) is 0 Å². The molecule has 0 aromatic heterocycles. The zero-order valence-electron chi connectivity index (χ0n) is 10.8. The van der Waals surface area contributed by atoms with Gasteiger partial charge >= 0.3 is 0 Å². The van der Waals surface area contributed by atoms with Crippen LogP contribution in [-0.2, 0) is 0 Å². The Kier molecular flexibility index (Phi) is 5.37. The van der Waals surface area contributed by atoms with Gasteiger partial charge in [-0.05, 0) is 18.1 Å². The van der Waals surface area contributed by atoms with Crippen molar-refractivity contribution >= 4 is 5.69 Å². The molecule has 0 heterocycles. The Bertz CT molecular complexity index is 537. The van der Waals surface area contributed by atoms with Gasteiger partial charge in [-0.25, -0.2) is 4.39 Å². The number of rotatable bonds is 5. The molecule has 5 heteroatoms. The van der Waals surface area contributed by atoms with Gasteiger partial charge in [0.15, 0.2) is 11.6 Å². The van der Waals surface area contributed by atoms with Crippen LogP contribution in [0.2, 0.25) is 0 Å². The Balaban J connectivity index is 2.95. The van der Waals surface area contributed by atoms with Crippen LogP contribution >= 0.6 is 0 Å². The van der Waals surface area contributed by atoms with Crippen LogP contribution in [0, 0.1) is 34.4 Å². The third kappa shape index (κ3) is 4.33. The summed E-state index contributed by atoms with van der Waals surface area (Å²) < 4.78 is 19.1. The zero-order chi connectivity index (χ0) is 14.3. The lowest BCUT2D eigenvalue weighted by molar-refractivity contribution is 0.261. The molecule has 0 amide bonds. The van der Waals surface area contributed by atoms with Crippen LogP contribution in [0.3, 0.4) is 0 Å². The van der Waals surface area contributed by atoms with E-state index in [1.54, 1.807) is 18.2 Å². The first-order chi connectivity index (χ1) is 9.08. The highest BCUT2D eigenvalue weighted by Crippen LogP contribution is 2.28. The van der Waals surface area contributed by atoms with Crippen molar-refractivity contribution in [3.63, 3.8) is 0 Å². The van der Waals surface area contributed by atoms with E-state index in [4.69, 9.17) is 15.3 Å². The van der Waals surface area contributed by atoms with Crippen molar-refractivity contribution in [1.29, 1.82) is 10.5 Å². The van der Waals surface area contributed by atoms with E-state index in [1.807, 2.05) is 13.8 Å². The van der Waals surface area contributed by atoms with Crippen molar-refractivity contribution in [2.45, 2.75) is 13.8 Å². The van der Waals surface area contributed by atoms with E-state index >= 15 is 0 Å². The van der Waals surface area contributed by atoms with Gasteiger partial charge in [-0.2, -0.15) is 10.5 Å². The van der Waals surface area contributed by atoms with Gasteiger partial charge in [0.05, 0.1) is 12.3 Å². The minimum Gasteiger partial charge on any atom is -0.488 e. The van der Waals surface area contributed by atoms with Crippen LogP contribution in [0.5, 0.6) is 5.75 Å². The summed E-state index contributed by atoms with van der Waals surface area (Å²) in [7, 11) is 0. The molecular weight excluding hydrogens is 245 g/mol. The predicted molar refractivity (Wildman–Crippen MR) is 69.7 cm³/mol. The lowest BCUT2D eigenvalue weighted by Gasteiger charge is -2.13. The van der Waals surface area contributed by atoms with Crippen molar-refractivity contribution in [2.24, 2.45) is 5.92 Å². The highest BCUT2D eigenvalue weighted by Gasteiger charge is 2.10. The largest absolute Gasteiger partial charge is 0.488 e. The molecule has 0 bridgehead atoms. The van der Waals surface area contributed by atoms with Crippen molar-refractivity contribution in [3.8, 4) is 17.9 Å². The molecule has 0 unspecified atom stereocenters. The Hall–Kier alpha value is -2.53. The minimum atomic E-state index is -0.491. The van der Waals surface area contributed by atoms with E-state index in [-0.39, 0.29) is 17.2 Å². The number of halogens is 1. The quantitative estimate of drug-likeness (QED) is 0.824. The van der Waals surface area contributed by atoms with Crippen LogP contribution in [0.15, 0.2) is 30.0 Å². The topological polar surface area (TPSA) is 68.8 Å². The number of nitrogens with zero attached hydrogens (tertiary/aromatic N) is 2. The number of anilines is 1. The van der Waals surface area contributed by atoms with Gasteiger partial charge in [0.2, 0.25) is 0 Å². The number of nitriles is 2. The summed E-state index contributed by atoms with van der Waals surface area (Å²) in [5.41, 5.74) is 0.280. The fourth-order valence-electron chi connectivity index (χ4n) is 1.26. The normalized spacial score (nSPS) is 9.37. The summed E-state index contributed by atoms with van der Waals surface area (Å²) >= 11 is 0. The van der Waals surface area contributed by atoms with E-state index in [2.05, 4.69) is 5.32 Å². The maximum atomic E-state index is 13.7. The number of benzene rings is 1. The van der Waals surface area contributed by atoms with Gasteiger partial charge in [0.25, 0.3) is 0 Å². The van der Waals surface area contributed by atoms with Crippen molar-refractivity contribution < 1.29 is 9.13 Å². The van der Waals surface area contributed by atoms with Crippen molar-refractivity contribution in [2.75, 3.05) is 11.9 Å². The molecule has 0 aliphatic rings. The first-order valence-corrected chi connectivity index (χ1v) is 5.76. The van der Waals surface area contributed by atoms with E-state index < -0.39 is 5.82 Å². The maximum absolute atomic E-state index is 13.7. The molecule has 1 rings (SSSR count). The van der Waals surface area contributed by atoms with E-state index in [0.717, 1.165) is 0 Å². The summed E-state index contributed by atoms with van der Waals surface area (Å²) in [5, 5.41) is 19.9. The number of hydrogen-bond acceptors (Lipinski definition) is 4. The number of ether oxygens (including phenoxy) is 1. The molecule has 0 radical (unpaired) electrons. The second-order valence-corrected chi connectivity index (χ2v) is 4.25. The van der Waals surface area contributed by atoms with Gasteiger partial charge in [0, 0.05) is 6.20 Å². The highest BCUT2D eigenvalue weighted by atomic mass is 19.1. The van der Waals surface area contributed by atoms with Crippen LogP contribution in [0.1, 0.15) is 13.8 Å². The Labute approximate surface area is 111 Å². The maximum Gasteiger partial charge on any atom is 0.178 e. The molecule has 19 heavy (non-hydrogen) atoms. The molecule has 1 aromatic carbocycles. The Morgan fingerprint density at radius 1 is 1.42 bits per heavy atom. The van der Waals surface area contributed by atoms with Crippen LogP contribution in [0.4, 0.5) is 10.1 Å². The van der Waals surface area contributed by atoms with Crippen LogP contribution < -0.4 is 10.1 Å². The fourth-order valence-corrected chi connectivity index (χ4v) is 1.26. The predicted octanol–water partition coefficient (Wildman–Crippen LogP) is 3.20. The smallest absolute Gasteiger partial charge is 0.178 e. The molecule has 1 N–H and O–H groups in total. The lowest BCUT2D eigenvalue weighted by atomic mass is 10.2. The van der Waals surface area contributed by atoms with Gasteiger partial charge < -0.3 is 10.1 Å². The van der Waals surface area contributed by atoms with Crippen LogP contribution in [0.25, 0.3) is 0 Å². The summed E-state index contributed by atoms with van der Waals surface area (Å²) in [4.78, 5) is 0. The zero-order valence-corrected chi connectivity index (χ0v) is 10.8. The van der Waals surface area contributed by atoms with Crippen LogP contribution in [-0.4, -0.2) is 6.61 Å². The average Bonchev–Trinajstić information content (AvgIpc) is 2.38. The molecule has 0 saturated carbocycles. The summed E-state index contributed by atoms with van der Waals surface area (Å²) in [6, 6.07) is 7.84. The van der Waals surface area contributed by atoms with E-state index in [9.17, 15) is 4.39 Å². The molecule has 0 atom stereocenters. The SMILES string of the molecule is CC(C)COc1c(F)cccc1NC=C(C#N)C#N. The fraction of sp³-hybridized carbons (Fsp3) is 0.286. The number of para-hydroxylation sites is 1. The second kappa shape index (κ2) is 7.03. The first-order valence-electron chi connectivity index (χ1n) is 5.76. The minimum absolute atomic E-state index is 0.0858. The standard InChI is InChI=1S/C14H14FN3O/c1-10(2)9-19-14-12(15)4-3-5-13(14)18-8-11(6-16)7-17/h3-5,8,10,18H,9H2,1-2H3. The Morgan fingerprint density at radius 3 is 2.68 bits per heavy atom. The molecule has 1 aromatic rings. The molecule has 0 aliphatic heterocycles. The molecular formula is C14H14FN3O. The van der Waals surface area contributed by atoms with Gasteiger partial charge in [-0.3, -0.25) is 0 Å².